The standard InChI is InChI=1S/C5H6N3O6P/c6-5-2-1-4(8(9)10)3-7(5)14-15(11,12)13/h1-3,6H,(H2,11,12,13)/p+1. The van der Waals surface area contributed by atoms with Crippen molar-refractivity contribution in [3.05, 3.63) is 28.4 Å². The van der Waals surface area contributed by atoms with Crippen LogP contribution in [0.5, 0.6) is 0 Å². The fraction of sp³-hybridized carbons (Fsp3) is 0. The molecule has 0 saturated carbocycles. The molecule has 82 valence electrons. The van der Waals surface area contributed by atoms with E-state index in [0.29, 0.717) is 4.73 Å². The zero-order chi connectivity index (χ0) is 11.6. The molecule has 0 aliphatic rings. The lowest BCUT2D eigenvalue weighted by molar-refractivity contribution is -0.850. The van der Waals surface area contributed by atoms with Crippen LogP contribution in [0.4, 0.5) is 11.5 Å². The van der Waals surface area contributed by atoms with Crippen LogP contribution in [-0.2, 0) is 4.57 Å². The van der Waals surface area contributed by atoms with Crippen molar-refractivity contribution < 1.29 is 28.6 Å². The molecule has 1 rings (SSSR count). The van der Waals surface area contributed by atoms with Gasteiger partial charge < -0.3 is 0 Å². The topological polar surface area (TPSA) is 140 Å². The number of hydrogen-bond donors (Lipinski definition) is 3. The Labute approximate surface area is 83.1 Å². The summed E-state index contributed by atoms with van der Waals surface area (Å²) in [6, 6.07) is 2.17. The normalized spacial score (nSPS) is 11.1. The second-order valence-electron chi connectivity index (χ2n) is 2.47. The predicted molar refractivity (Wildman–Crippen MR) is 46.3 cm³/mol. The van der Waals surface area contributed by atoms with Crippen LogP contribution in [0.25, 0.3) is 0 Å². The van der Waals surface area contributed by atoms with E-state index in [2.05, 4.69) is 4.62 Å². The lowest BCUT2D eigenvalue weighted by Crippen LogP contribution is -2.43. The Morgan fingerprint density at radius 1 is 1.53 bits per heavy atom. The van der Waals surface area contributed by atoms with E-state index in [1.54, 1.807) is 0 Å². The first-order chi connectivity index (χ1) is 6.79. The number of rotatable bonds is 3. The molecule has 0 aliphatic carbocycles. The first-order valence-electron chi connectivity index (χ1n) is 3.51. The van der Waals surface area contributed by atoms with Gasteiger partial charge in [0, 0.05) is 12.1 Å². The molecule has 0 unspecified atom stereocenters. The predicted octanol–water partition coefficient (Wildman–Crippen LogP) is -1.01. The molecule has 1 aromatic rings. The molecule has 0 saturated heterocycles. The van der Waals surface area contributed by atoms with Crippen molar-refractivity contribution in [1.82, 2.24) is 0 Å². The zero-order valence-corrected chi connectivity index (χ0v) is 8.07. The van der Waals surface area contributed by atoms with Gasteiger partial charge in [0.25, 0.3) is 0 Å². The van der Waals surface area contributed by atoms with Gasteiger partial charge in [-0.05, 0) is 4.73 Å². The van der Waals surface area contributed by atoms with E-state index in [4.69, 9.17) is 15.5 Å². The second-order valence-corrected chi connectivity index (χ2v) is 3.61. The fourth-order valence-corrected chi connectivity index (χ4v) is 1.15. The van der Waals surface area contributed by atoms with Crippen molar-refractivity contribution in [2.45, 2.75) is 0 Å². The maximum atomic E-state index is 10.5. The number of pyridine rings is 1. The van der Waals surface area contributed by atoms with Gasteiger partial charge in [0.15, 0.2) is 0 Å². The average molecular weight is 236 g/mol. The van der Waals surface area contributed by atoms with Crippen LogP contribution < -0.4 is 15.1 Å². The van der Waals surface area contributed by atoms with E-state index in [1.807, 2.05) is 0 Å². The Morgan fingerprint density at radius 2 is 2.13 bits per heavy atom. The van der Waals surface area contributed by atoms with E-state index >= 15 is 0 Å². The van der Waals surface area contributed by atoms with Gasteiger partial charge in [-0.3, -0.25) is 25.6 Å². The molecule has 4 N–H and O–H groups in total. The summed E-state index contributed by atoms with van der Waals surface area (Å²) in [5.41, 5.74) is 4.86. The number of nitrogens with two attached hydrogens (primary N) is 1. The molecule has 0 atom stereocenters. The number of anilines is 1. The minimum absolute atomic E-state index is 0.177. The Balaban J connectivity index is 3.11. The van der Waals surface area contributed by atoms with Gasteiger partial charge in [-0.1, -0.05) is 0 Å². The second kappa shape index (κ2) is 3.81. The molecule has 0 amide bonds. The van der Waals surface area contributed by atoms with Crippen LogP contribution in [0.15, 0.2) is 18.3 Å². The smallest absolute Gasteiger partial charge is 0.291 e. The quantitative estimate of drug-likeness (QED) is 0.264. The van der Waals surface area contributed by atoms with Crippen LogP contribution >= 0.6 is 7.82 Å². The first-order valence-corrected chi connectivity index (χ1v) is 5.04. The Bertz CT molecular complexity index is 442. The van der Waals surface area contributed by atoms with Crippen molar-refractivity contribution >= 4 is 19.3 Å². The molecular formula is C5H7N3O6P+. The largest absolute Gasteiger partial charge is 0.561 e. The molecule has 0 spiro atoms. The monoisotopic (exact) mass is 236 g/mol. The summed E-state index contributed by atoms with van der Waals surface area (Å²) in [5, 5.41) is 10.3. The molecule has 0 fully saturated rings. The Kier molecular flexibility index (Phi) is 2.89. The van der Waals surface area contributed by atoms with Gasteiger partial charge in [-0.25, -0.2) is 9.19 Å². The minimum Gasteiger partial charge on any atom is -0.291 e. The summed E-state index contributed by atoms with van der Waals surface area (Å²) in [4.78, 5) is 26.5. The van der Waals surface area contributed by atoms with Crippen molar-refractivity contribution in [2.75, 3.05) is 5.73 Å². The molecule has 9 nitrogen and oxygen atoms in total. The molecule has 0 radical (unpaired) electrons. The van der Waals surface area contributed by atoms with Gasteiger partial charge in [-0.15, -0.1) is 0 Å². The fourth-order valence-electron chi connectivity index (χ4n) is 0.775. The summed E-state index contributed by atoms with van der Waals surface area (Å²) < 4.78 is 15.0. The van der Waals surface area contributed by atoms with Crippen molar-refractivity contribution in [2.24, 2.45) is 0 Å². The number of nitrogen functional groups attached to an aromatic ring is 1. The average Bonchev–Trinajstić information content (AvgIpc) is 2.06. The highest BCUT2D eigenvalue weighted by atomic mass is 31.2. The number of nitro groups is 1. The molecule has 0 aromatic carbocycles. The molecule has 0 aliphatic heterocycles. The van der Waals surface area contributed by atoms with Gasteiger partial charge in [0.1, 0.15) is 0 Å². The van der Waals surface area contributed by atoms with E-state index < -0.39 is 18.4 Å². The summed E-state index contributed by atoms with van der Waals surface area (Å²) in [7, 11) is -4.80. The minimum atomic E-state index is -4.80. The summed E-state index contributed by atoms with van der Waals surface area (Å²) in [6.45, 7) is 0. The highest BCUT2D eigenvalue weighted by Crippen LogP contribution is 2.29. The van der Waals surface area contributed by atoms with Crippen LogP contribution in [0.1, 0.15) is 0 Å². The first kappa shape index (κ1) is 11.4. The summed E-state index contributed by atoms with van der Waals surface area (Å²) >= 11 is 0. The Hall–Kier alpha value is -1.70. The number of hydrogen-bond acceptors (Lipinski definition) is 5. The molecule has 15 heavy (non-hydrogen) atoms. The number of nitrogens with zero attached hydrogens (tertiary/aromatic N) is 2. The van der Waals surface area contributed by atoms with Crippen molar-refractivity contribution in [3.8, 4) is 0 Å². The third-order valence-electron chi connectivity index (χ3n) is 1.33. The van der Waals surface area contributed by atoms with E-state index in [1.165, 1.54) is 0 Å². The molecule has 10 heteroatoms. The number of aromatic nitrogens is 1. The van der Waals surface area contributed by atoms with Crippen LogP contribution in [-0.4, -0.2) is 14.7 Å². The molecular weight excluding hydrogens is 229 g/mol. The highest BCUT2D eigenvalue weighted by molar-refractivity contribution is 7.46. The maximum absolute atomic E-state index is 10.5. The number of phosphoric acid groups is 1. The van der Waals surface area contributed by atoms with Crippen molar-refractivity contribution in [1.29, 1.82) is 0 Å². The highest BCUT2D eigenvalue weighted by Gasteiger charge is 2.24. The summed E-state index contributed by atoms with van der Waals surface area (Å²) in [5.74, 6) is -0.177. The van der Waals surface area contributed by atoms with Crippen LogP contribution in [0.2, 0.25) is 0 Å². The lowest BCUT2D eigenvalue weighted by Gasteiger charge is -2.03. The lowest BCUT2D eigenvalue weighted by atomic mass is 10.4. The van der Waals surface area contributed by atoms with Crippen LogP contribution in [0.3, 0.4) is 0 Å². The SMILES string of the molecule is Nc1ccc([N+](=O)[O-])c[n+]1OP(=O)(O)O. The third kappa shape index (κ3) is 3.17. The van der Waals surface area contributed by atoms with E-state index in [-0.39, 0.29) is 5.82 Å². The van der Waals surface area contributed by atoms with E-state index in [9.17, 15) is 14.7 Å². The molecule has 1 aromatic heterocycles. The summed E-state index contributed by atoms with van der Waals surface area (Å²) in [6.07, 6.45) is 0.758. The third-order valence-corrected chi connectivity index (χ3v) is 1.72. The Morgan fingerprint density at radius 3 is 2.60 bits per heavy atom. The van der Waals surface area contributed by atoms with E-state index in [0.717, 1.165) is 18.3 Å². The van der Waals surface area contributed by atoms with Crippen LogP contribution in [0, 0.1) is 10.1 Å². The molecule has 0 bridgehead atoms. The van der Waals surface area contributed by atoms with Gasteiger partial charge in [0.2, 0.25) is 6.20 Å². The maximum Gasteiger partial charge on any atom is 0.561 e. The molecule has 1 heterocycles. The van der Waals surface area contributed by atoms with Crippen molar-refractivity contribution in [3.63, 3.8) is 0 Å². The van der Waals surface area contributed by atoms with Gasteiger partial charge in [-0.2, -0.15) is 0 Å². The van der Waals surface area contributed by atoms with Gasteiger partial charge in [0.05, 0.1) is 4.92 Å². The zero-order valence-electron chi connectivity index (χ0n) is 7.18. The van der Waals surface area contributed by atoms with Gasteiger partial charge >= 0.3 is 19.3 Å².